The van der Waals surface area contributed by atoms with Gasteiger partial charge in [0.2, 0.25) is 0 Å². The first-order valence-electron chi connectivity index (χ1n) is 7.09. The summed E-state index contributed by atoms with van der Waals surface area (Å²) in [4.78, 5) is 34.6. The molecule has 0 saturated heterocycles. The predicted molar refractivity (Wildman–Crippen MR) is 93.8 cm³/mol. The molecule has 0 fully saturated rings. The van der Waals surface area contributed by atoms with Gasteiger partial charge in [-0.1, -0.05) is 11.6 Å². The number of hydrogen-bond donors (Lipinski definition) is 1. The fourth-order valence-electron chi connectivity index (χ4n) is 2.44. The van der Waals surface area contributed by atoms with Crippen LogP contribution in [0.3, 0.4) is 0 Å². The Balaban J connectivity index is 1.78. The van der Waals surface area contributed by atoms with Crippen LogP contribution < -0.4 is 5.32 Å². The highest BCUT2D eigenvalue weighted by atomic mass is 79.9. The van der Waals surface area contributed by atoms with Crippen molar-refractivity contribution in [1.29, 1.82) is 0 Å². The molecule has 1 atom stereocenters. The molecule has 1 amide bonds. The van der Waals surface area contributed by atoms with Gasteiger partial charge in [0.1, 0.15) is 0 Å². The van der Waals surface area contributed by atoms with Crippen LogP contribution >= 0.6 is 27.5 Å². The Morgan fingerprint density at radius 1 is 1.32 bits per heavy atom. The molecule has 3 rings (SSSR count). The van der Waals surface area contributed by atoms with Crippen molar-refractivity contribution in [3.05, 3.63) is 67.1 Å². The van der Waals surface area contributed by atoms with Crippen LogP contribution in [0, 0.1) is 10.1 Å². The largest absolute Gasteiger partial charge is 0.448 e. The number of nitrogens with one attached hydrogen (secondary N) is 1. The second kappa shape index (κ2) is 6.81. The van der Waals surface area contributed by atoms with Crippen LogP contribution in [-0.2, 0) is 16.0 Å². The zero-order chi connectivity index (χ0) is 18.1. The standard InChI is InChI=1S/C16H10BrClN2O5/c17-12-7-10(20(23)24)2-4-13(12)19-15(21)14-6-8-5-9(18)1-3-11(8)16(22)25-14/h1-5,7,14H,6H2,(H,19,21). The lowest BCUT2D eigenvalue weighted by molar-refractivity contribution is -0.384. The molecule has 0 aliphatic carbocycles. The molecule has 0 saturated carbocycles. The molecule has 25 heavy (non-hydrogen) atoms. The van der Waals surface area contributed by atoms with Crippen molar-refractivity contribution in [2.45, 2.75) is 12.5 Å². The highest BCUT2D eigenvalue weighted by Crippen LogP contribution is 2.29. The zero-order valence-electron chi connectivity index (χ0n) is 12.5. The number of benzene rings is 2. The molecule has 2 aromatic rings. The molecule has 0 bridgehead atoms. The summed E-state index contributed by atoms with van der Waals surface area (Å²) in [6.07, 6.45) is -0.821. The number of halogens is 2. The summed E-state index contributed by atoms with van der Waals surface area (Å²) >= 11 is 9.10. The maximum absolute atomic E-state index is 12.4. The van der Waals surface area contributed by atoms with Gasteiger partial charge in [0.15, 0.2) is 6.10 Å². The number of esters is 1. The van der Waals surface area contributed by atoms with E-state index in [0.29, 0.717) is 26.3 Å². The lowest BCUT2D eigenvalue weighted by atomic mass is 9.98. The van der Waals surface area contributed by atoms with Gasteiger partial charge in [-0.2, -0.15) is 0 Å². The third kappa shape index (κ3) is 3.64. The lowest BCUT2D eigenvalue weighted by Gasteiger charge is -2.24. The van der Waals surface area contributed by atoms with E-state index in [9.17, 15) is 19.7 Å². The van der Waals surface area contributed by atoms with E-state index < -0.39 is 22.9 Å². The Morgan fingerprint density at radius 3 is 2.76 bits per heavy atom. The van der Waals surface area contributed by atoms with Gasteiger partial charge in [-0.25, -0.2) is 4.79 Å². The monoisotopic (exact) mass is 424 g/mol. The van der Waals surface area contributed by atoms with Gasteiger partial charge in [0.05, 0.1) is 16.2 Å². The molecule has 0 aromatic heterocycles. The van der Waals surface area contributed by atoms with Gasteiger partial charge in [0.25, 0.3) is 11.6 Å². The third-order valence-electron chi connectivity index (χ3n) is 3.66. The first-order valence-corrected chi connectivity index (χ1v) is 8.26. The van der Waals surface area contributed by atoms with E-state index in [0.717, 1.165) is 0 Å². The van der Waals surface area contributed by atoms with E-state index in [-0.39, 0.29) is 12.1 Å². The van der Waals surface area contributed by atoms with Gasteiger partial charge in [-0.05, 0) is 45.8 Å². The maximum atomic E-state index is 12.4. The first kappa shape index (κ1) is 17.4. The second-order valence-corrected chi connectivity index (χ2v) is 6.60. The molecule has 128 valence electrons. The number of cyclic esters (lactones) is 1. The topological polar surface area (TPSA) is 98.5 Å². The molecule has 2 aromatic carbocycles. The van der Waals surface area contributed by atoms with Crippen molar-refractivity contribution < 1.29 is 19.2 Å². The molecular formula is C16H10BrClN2O5. The summed E-state index contributed by atoms with van der Waals surface area (Å²) in [6, 6.07) is 8.70. The maximum Gasteiger partial charge on any atom is 0.339 e. The summed E-state index contributed by atoms with van der Waals surface area (Å²) in [5.74, 6) is -1.13. The summed E-state index contributed by atoms with van der Waals surface area (Å²) in [5, 5.41) is 13.8. The smallest absolute Gasteiger partial charge is 0.339 e. The average molecular weight is 426 g/mol. The molecule has 1 aliphatic rings. The number of fused-ring (bicyclic) bond motifs is 1. The van der Waals surface area contributed by atoms with Crippen LogP contribution in [0.2, 0.25) is 5.02 Å². The number of nitro groups is 1. The molecule has 0 spiro atoms. The average Bonchev–Trinajstić information content (AvgIpc) is 2.55. The SMILES string of the molecule is O=C1OC(C(=O)Nc2ccc([N+](=O)[O-])cc2Br)Cc2cc(Cl)ccc21. The number of nitrogens with zero attached hydrogens (tertiary/aromatic N) is 1. The van der Waals surface area contributed by atoms with Crippen molar-refractivity contribution in [2.75, 3.05) is 5.32 Å². The van der Waals surface area contributed by atoms with Crippen LogP contribution in [0.15, 0.2) is 40.9 Å². The number of anilines is 1. The minimum Gasteiger partial charge on any atom is -0.448 e. The second-order valence-electron chi connectivity index (χ2n) is 5.31. The highest BCUT2D eigenvalue weighted by Gasteiger charge is 2.31. The van der Waals surface area contributed by atoms with Gasteiger partial charge >= 0.3 is 5.97 Å². The molecule has 9 heteroatoms. The number of non-ortho nitro benzene ring substituents is 1. The van der Waals surface area contributed by atoms with Crippen molar-refractivity contribution in [2.24, 2.45) is 0 Å². The summed E-state index contributed by atoms with van der Waals surface area (Å²) < 4.78 is 5.52. The quantitative estimate of drug-likeness (QED) is 0.459. The Bertz CT molecular complexity index is 902. The van der Waals surface area contributed by atoms with E-state index in [1.807, 2.05) is 0 Å². The first-order chi connectivity index (χ1) is 11.8. The molecule has 1 aliphatic heterocycles. The Hall–Kier alpha value is -2.45. The Labute approximate surface area is 155 Å². The van der Waals surface area contributed by atoms with Crippen LogP contribution in [0.4, 0.5) is 11.4 Å². The van der Waals surface area contributed by atoms with E-state index in [1.165, 1.54) is 18.2 Å². The fourth-order valence-corrected chi connectivity index (χ4v) is 3.10. The number of hydrogen-bond acceptors (Lipinski definition) is 5. The molecule has 7 nitrogen and oxygen atoms in total. The Kier molecular flexibility index (Phi) is 4.73. The molecule has 0 radical (unpaired) electrons. The summed E-state index contributed by atoms with van der Waals surface area (Å²) in [7, 11) is 0. The minimum atomic E-state index is -1.01. The number of amides is 1. The van der Waals surface area contributed by atoms with Crippen LogP contribution in [-0.4, -0.2) is 22.9 Å². The van der Waals surface area contributed by atoms with Crippen molar-refractivity contribution >= 4 is 50.8 Å². The van der Waals surface area contributed by atoms with Gasteiger partial charge < -0.3 is 10.1 Å². The lowest BCUT2D eigenvalue weighted by Crippen LogP contribution is -2.38. The van der Waals surface area contributed by atoms with E-state index in [1.54, 1.807) is 18.2 Å². The molecule has 1 N–H and O–H groups in total. The van der Waals surface area contributed by atoms with Crippen molar-refractivity contribution in [1.82, 2.24) is 0 Å². The van der Waals surface area contributed by atoms with E-state index >= 15 is 0 Å². The number of carbonyl (C=O) groups excluding carboxylic acids is 2. The number of rotatable bonds is 3. The van der Waals surface area contributed by atoms with E-state index in [2.05, 4.69) is 21.2 Å². The number of nitro benzene ring substituents is 1. The van der Waals surface area contributed by atoms with Crippen LogP contribution in [0.5, 0.6) is 0 Å². The van der Waals surface area contributed by atoms with Gasteiger partial charge in [0, 0.05) is 28.0 Å². The third-order valence-corrected chi connectivity index (χ3v) is 4.55. The zero-order valence-corrected chi connectivity index (χ0v) is 14.8. The van der Waals surface area contributed by atoms with Crippen molar-refractivity contribution in [3.8, 4) is 0 Å². The normalized spacial score (nSPS) is 15.9. The fraction of sp³-hybridized carbons (Fsp3) is 0.125. The predicted octanol–water partition coefficient (Wildman–Crippen LogP) is 3.73. The highest BCUT2D eigenvalue weighted by molar-refractivity contribution is 9.10. The van der Waals surface area contributed by atoms with Gasteiger partial charge in [-0.15, -0.1) is 0 Å². The van der Waals surface area contributed by atoms with Crippen LogP contribution in [0.1, 0.15) is 15.9 Å². The Morgan fingerprint density at radius 2 is 2.08 bits per heavy atom. The van der Waals surface area contributed by atoms with Crippen LogP contribution in [0.25, 0.3) is 0 Å². The number of carbonyl (C=O) groups is 2. The van der Waals surface area contributed by atoms with E-state index in [4.69, 9.17) is 16.3 Å². The van der Waals surface area contributed by atoms with Crippen molar-refractivity contribution in [3.63, 3.8) is 0 Å². The van der Waals surface area contributed by atoms with Gasteiger partial charge in [-0.3, -0.25) is 14.9 Å². The molecule has 1 unspecified atom stereocenters. The summed E-state index contributed by atoms with van der Waals surface area (Å²) in [6.45, 7) is 0. The summed E-state index contributed by atoms with van der Waals surface area (Å²) in [5.41, 5.74) is 1.23. The number of ether oxygens (including phenoxy) is 1. The molecule has 1 heterocycles. The minimum absolute atomic E-state index is 0.113. The molecular weight excluding hydrogens is 416 g/mol.